The second-order valence-electron chi connectivity index (χ2n) is 5.66. The monoisotopic (exact) mass is 297 g/mol. The molecule has 1 aromatic heterocycles. The number of aryl methyl sites for hydroxylation is 2. The molecule has 1 saturated heterocycles. The number of ether oxygens (including phenoxy) is 1. The van der Waals surface area contributed by atoms with Crippen LogP contribution in [-0.2, 0) is 0 Å². The summed E-state index contributed by atoms with van der Waals surface area (Å²) in [6, 6.07) is 11.3. The smallest absolute Gasteiger partial charge is 0.253 e. The molecule has 114 valence electrons. The van der Waals surface area contributed by atoms with Crippen LogP contribution in [0.4, 0.5) is 0 Å². The molecule has 1 aliphatic heterocycles. The molecule has 0 aliphatic carbocycles. The van der Waals surface area contributed by atoms with E-state index in [0.717, 1.165) is 23.2 Å². The molecule has 0 N–H and O–H groups in total. The number of aromatic nitrogens is 2. The zero-order valence-electron chi connectivity index (χ0n) is 12.8. The predicted molar refractivity (Wildman–Crippen MR) is 82.9 cm³/mol. The Labute approximate surface area is 129 Å². The number of hydrogen-bond donors (Lipinski definition) is 0. The summed E-state index contributed by atoms with van der Waals surface area (Å²) >= 11 is 0. The molecule has 1 amide bonds. The van der Waals surface area contributed by atoms with Gasteiger partial charge in [-0.15, -0.1) is 5.10 Å². The van der Waals surface area contributed by atoms with Gasteiger partial charge in [-0.25, -0.2) is 0 Å². The van der Waals surface area contributed by atoms with Gasteiger partial charge in [0.2, 0.25) is 5.88 Å². The van der Waals surface area contributed by atoms with E-state index in [9.17, 15) is 4.79 Å². The van der Waals surface area contributed by atoms with E-state index in [-0.39, 0.29) is 12.0 Å². The molecule has 0 saturated carbocycles. The van der Waals surface area contributed by atoms with Crippen molar-refractivity contribution >= 4 is 5.91 Å². The topological polar surface area (TPSA) is 55.3 Å². The number of rotatable bonds is 3. The van der Waals surface area contributed by atoms with Crippen LogP contribution in [0.3, 0.4) is 0 Å². The molecule has 1 unspecified atom stereocenters. The van der Waals surface area contributed by atoms with Crippen LogP contribution >= 0.6 is 0 Å². The summed E-state index contributed by atoms with van der Waals surface area (Å²) in [5, 5.41) is 7.98. The van der Waals surface area contributed by atoms with Crippen LogP contribution in [0.1, 0.15) is 28.0 Å². The Morgan fingerprint density at radius 1 is 1.14 bits per heavy atom. The molecule has 5 heteroatoms. The van der Waals surface area contributed by atoms with Gasteiger partial charge in [0.1, 0.15) is 6.10 Å². The third-order valence-corrected chi connectivity index (χ3v) is 3.79. The molecule has 1 fully saturated rings. The summed E-state index contributed by atoms with van der Waals surface area (Å²) in [6.45, 7) is 5.18. The van der Waals surface area contributed by atoms with Crippen molar-refractivity contribution in [3.05, 3.63) is 53.2 Å². The van der Waals surface area contributed by atoms with Gasteiger partial charge in [-0.05, 0) is 32.0 Å². The van der Waals surface area contributed by atoms with Crippen molar-refractivity contribution in [2.75, 3.05) is 13.1 Å². The second-order valence-corrected chi connectivity index (χ2v) is 5.66. The Morgan fingerprint density at radius 3 is 2.59 bits per heavy atom. The number of amides is 1. The van der Waals surface area contributed by atoms with Gasteiger partial charge in [0, 0.05) is 24.6 Å². The third-order valence-electron chi connectivity index (χ3n) is 3.79. The molecule has 1 aliphatic rings. The minimum absolute atomic E-state index is 0.0218. The van der Waals surface area contributed by atoms with E-state index in [1.807, 2.05) is 55.1 Å². The van der Waals surface area contributed by atoms with E-state index < -0.39 is 0 Å². The van der Waals surface area contributed by atoms with Gasteiger partial charge in [-0.2, -0.15) is 5.10 Å². The average Bonchev–Trinajstić information content (AvgIpc) is 2.98. The number of carbonyl (C=O) groups is 1. The van der Waals surface area contributed by atoms with Crippen LogP contribution < -0.4 is 4.74 Å². The lowest BCUT2D eigenvalue weighted by molar-refractivity contribution is 0.0771. The molecule has 2 heterocycles. The van der Waals surface area contributed by atoms with Crippen molar-refractivity contribution in [2.45, 2.75) is 26.4 Å². The van der Waals surface area contributed by atoms with Crippen molar-refractivity contribution < 1.29 is 9.53 Å². The minimum atomic E-state index is -0.0218. The Kier molecular flexibility index (Phi) is 4.04. The van der Waals surface area contributed by atoms with E-state index in [4.69, 9.17) is 4.74 Å². The average molecular weight is 297 g/mol. The van der Waals surface area contributed by atoms with Crippen LogP contribution in [0.2, 0.25) is 0 Å². The molecule has 1 aromatic carbocycles. The zero-order valence-corrected chi connectivity index (χ0v) is 12.8. The molecule has 5 nitrogen and oxygen atoms in total. The zero-order chi connectivity index (χ0) is 15.5. The normalized spacial score (nSPS) is 17.5. The van der Waals surface area contributed by atoms with Gasteiger partial charge in [-0.3, -0.25) is 4.79 Å². The van der Waals surface area contributed by atoms with E-state index in [0.29, 0.717) is 19.0 Å². The molecular weight excluding hydrogens is 278 g/mol. The van der Waals surface area contributed by atoms with E-state index in [2.05, 4.69) is 10.2 Å². The summed E-state index contributed by atoms with van der Waals surface area (Å²) in [5.74, 6) is 0.571. The molecule has 3 rings (SSSR count). The summed E-state index contributed by atoms with van der Waals surface area (Å²) in [7, 11) is 0. The lowest BCUT2D eigenvalue weighted by Crippen LogP contribution is -2.31. The lowest BCUT2D eigenvalue weighted by Gasteiger charge is -2.17. The highest BCUT2D eigenvalue weighted by atomic mass is 16.5. The highest BCUT2D eigenvalue weighted by Gasteiger charge is 2.28. The maximum absolute atomic E-state index is 12.4. The van der Waals surface area contributed by atoms with Crippen molar-refractivity contribution in [1.29, 1.82) is 0 Å². The molecular formula is C17H19N3O2. The SMILES string of the molecule is Cc1ccc(C(=O)N2CCC(Oc3ccc(C)nn3)C2)cc1. The first-order valence-electron chi connectivity index (χ1n) is 7.45. The van der Waals surface area contributed by atoms with E-state index in [1.165, 1.54) is 0 Å². The van der Waals surface area contributed by atoms with Gasteiger partial charge in [0.05, 0.1) is 12.2 Å². The van der Waals surface area contributed by atoms with Crippen LogP contribution in [0, 0.1) is 13.8 Å². The van der Waals surface area contributed by atoms with Gasteiger partial charge in [0.25, 0.3) is 5.91 Å². The second kappa shape index (κ2) is 6.13. The first-order chi connectivity index (χ1) is 10.6. The lowest BCUT2D eigenvalue weighted by atomic mass is 10.1. The highest BCUT2D eigenvalue weighted by molar-refractivity contribution is 5.94. The van der Waals surface area contributed by atoms with Gasteiger partial charge in [-0.1, -0.05) is 17.7 Å². The molecule has 0 spiro atoms. The fourth-order valence-electron chi connectivity index (χ4n) is 2.51. The van der Waals surface area contributed by atoms with Crippen molar-refractivity contribution in [3.8, 4) is 5.88 Å². The first-order valence-corrected chi connectivity index (χ1v) is 7.45. The Morgan fingerprint density at radius 2 is 1.91 bits per heavy atom. The Hall–Kier alpha value is -2.43. The van der Waals surface area contributed by atoms with Crippen molar-refractivity contribution in [3.63, 3.8) is 0 Å². The number of nitrogens with zero attached hydrogens (tertiary/aromatic N) is 3. The molecule has 1 atom stereocenters. The van der Waals surface area contributed by atoms with E-state index >= 15 is 0 Å². The van der Waals surface area contributed by atoms with Crippen molar-refractivity contribution in [1.82, 2.24) is 15.1 Å². The third kappa shape index (κ3) is 3.24. The van der Waals surface area contributed by atoms with Crippen molar-refractivity contribution in [2.24, 2.45) is 0 Å². The molecule has 0 radical (unpaired) electrons. The number of carbonyl (C=O) groups excluding carboxylic acids is 1. The van der Waals surface area contributed by atoms with Gasteiger partial charge < -0.3 is 9.64 Å². The molecule has 2 aromatic rings. The quantitative estimate of drug-likeness (QED) is 0.873. The maximum Gasteiger partial charge on any atom is 0.253 e. The van der Waals surface area contributed by atoms with Crippen LogP contribution in [0.25, 0.3) is 0 Å². The summed E-state index contributed by atoms with van der Waals surface area (Å²) in [6.07, 6.45) is 0.791. The summed E-state index contributed by atoms with van der Waals surface area (Å²) in [5.41, 5.74) is 2.73. The highest BCUT2D eigenvalue weighted by Crippen LogP contribution is 2.18. The van der Waals surface area contributed by atoms with Gasteiger partial charge in [0.15, 0.2) is 0 Å². The number of hydrogen-bond acceptors (Lipinski definition) is 4. The van der Waals surface area contributed by atoms with Gasteiger partial charge >= 0.3 is 0 Å². The number of likely N-dealkylation sites (tertiary alicyclic amines) is 1. The summed E-state index contributed by atoms with van der Waals surface area (Å²) in [4.78, 5) is 14.3. The van der Waals surface area contributed by atoms with Crippen LogP contribution in [0.15, 0.2) is 36.4 Å². The fraction of sp³-hybridized carbons (Fsp3) is 0.353. The summed E-state index contributed by atoms with van der Waals surface area (Å²) < 4.78 is 5.80. The van der Waals surface area contributed by atoms with Crippen LogP contribution in [-0.4, -0.2) is 40.2 Å². The van der Waals surface area contributed by atoms with E-state index in [1.54, 1.807) is 0 Å². The maximum atomic E-state index is 12.4. The number of benzene rings is 1. The standard InChI is InChI=1S/C17H19N3O2/c1-12-3-6-14(7-4-12)17(21)20-10-9-15(11-20)22-16-8-5-13(2)18-19-16/h3-8,15H,9-11H2,1-2H3. The first kappa shape index (κ1) is 14.5. The molecule has 0 bridgehead atoms. The minimum Gasteiger partial charge on any atom is -0.471 e. The van der Waals surface area contributed by atoms with Crippen LogP contribution in [0.5, 0.6) is 5.88 Å². The Balaban J connectivity index is 1.61. The largest absolute Gasteiger partial charge is 0.471 e. The Bertz CT molecular complexity index is 653. The fourth-order valence-corrected chi connectivity index (χ4v) is 2.51. The predicted octanol–water partition coefficient (Wildman–Crippen LogP) is 2.39. The molecule has 22 heavy (non-hydrogen) atoms.